The van der Waals surface area contributed by atoms with Gasteiger partial charge in [-0.2, -0.15) is 0 Å². The zero-order valence-electron chi connectivity index (χ0n) is 12.1. The lowest BCUT2D eigenvalue weighted by Gasteiger charge is -2.08. The average molecular weight is 331 g/mol. The van der Waals surface area contributed by atoms with Crippen LogP contribution in [0.1, 0.15) is 10.4 Å². The summed E-state index contributed by atoms with van der Waals surface area (Å²) in [5.41, 5.74) is 2.01. The fourth-order valence-corrected chi connectivity index (χ4v) is 3.17. The standard InChI is InChI=1S/C15H13N3O4S/c1-22-15(19)10-2-4-11(5-3-10)18-23(20,21)12-6-7-13-14(8-12)17-9-16-13/h2-9,18H,1H3,(H,16,17). The molecule has 0 atom stereocenters. The summed E-state index contributed by atoms with van der Waals surface area (Å²) in [7, 11) is -2.45. The van der Waals surface area contributed by atoms with Gasteiger partial charge in [0.2, 0.25) is 0 Å². The zero-order chi connectivity index (χ0) is 16.4. The van der Waals surface area contributed by atoms with Crippen LogP contribution in [-0.4, -0.2) is 31.5 Å². The van der Waals surface area contributed by atoms with Crippen molar-refractivity contribution in [2.45, 2.75) is 4.90 Å². The van der Waals surface area contributed by atoms with E-state index in [1.807, 2.05) is 0 Å². The Kier molecular flexibility index (Phi) is 3.75. The number of anilines is 1. The first-order valence-electron chi connectivity index (χ1n) is 6.64. The summed E-state index contributed by atoms with van der Waals surface area (Å²) in [5, 5.41) is 0. The van der Waals surface area contributed by atoms with Crippen molar-refractivity contribution in [3.63, 3.8) is 0 Å². The number of hydrogen-bond acceptors (Lipinski definition) is 5. The van der Waals surface area contributed by atoms with E-state index in [2.05, 4.69) is 19.4 Å². The van der Waals surface area contributed by atoms with Gasteiger partial charge < -0.3 is 9.72 Å². The zero-order valence-corrected chi connectivity index (χ0v) is 12.9. The molecular weight excluding hydrogens is 318 g/mol. The number of imidazole rings is 1. The number of fused-ring (bicyclic) bond motifs is 1. The number of methoxy groups -OCH3 is 1. The normalized spacial score (nSPS) is 11.3. The number of carbonyl (C=O) groups excluding carboxylic acids is 1. The number of benzene rings is 2. The number of hydrogen-bond donors (Lipinski definition) is 2. The molecule has 0 aliphatic carbocycles. The average Bonchev–Trinajstić information content (AvgIpc) is 3.02. The summed E-state index contributed by atoms with van der Waals surface area (Å²) in [5.74, 6) is -0.482. The second-order valence-corrected chi connectivity index (χ2v) is 6.44. The van der Waals surface area contributed by atoms with E-state index in [1.165, 1.54) is 49.8 Å². The predicted molar refractivity (Wildman–Crippen MR) is 84.7 cm³/mol. The first-order valence-corrected chi connectivity index (χ1v) is 8.12. The van der Waals surface area contributed by atoms with Crippen molar-refractivity contribution in [2.24, 2.45) is 0 Å². The third-order valence-electron chi connectivity index (χ3n) is 3.26. The monoisotopic (exact) mass is 331 g/mol. The van der Waals surface area contributed by atoms with Crippen LogP contribution in [0.2, 0.25) is 0 Å². The lowest BCUT2D eigenvalue weighted by molar-refractivity contribution is 0.0601. The molecule has 0 aliphatic rings. The molecule has 2 N–H and O–H groups in total. The van der Waals surface area contributed by atoms with Gasteiger partial charge in [-0.25, -0.2) is 18.2 Å². The van der Waals surface area contributed by atoms with Gasteiger partial charge in [0.05, 0.1) is 34.9 Å². The van der Waals surface area contributed by atoms with E-state index in [1.54, 1.807) is 6.07 Å². The fraction of sp³-hybridized carbons (Fsp3) is 0.0667. The number of nitrogens with zero attached hydrogens (tertiary/aromatic N) is 1. The molecule has 0 saturated carbocycles. The van der Waals surface area contributed by atoms with Crippen molar-refractivity contribution in [1.82, 2.24) is 9.97 Å². The minimum Gasteiger partial charge on any atom is -0.465 e. The van der Waals surface area contributed by atoms with Gasteiger partial charge in [-0.05, 0) is 42.5 Å². The van der Waals surface area contributed by atoms with E-state index < -0.39 is 16.0 Å². The molecule has 0 radical (unpaired) electrons. The number of aromatic amines is 1. The number of H-pyrrole nitrogens is 1. The fourth-order valence-electron chi connectivity index (χ4n) is 2.09. The van der Waals surface area contributed by atoms with E-state index in [0.717, 1.165) is 0 Å². The van der Waals surface area contributed by atoms with Crippen molar-refractivity contribution in [2.75, 3.05) is 11.8 Å². The highest BCUT2D eigenvalue weighted by Crippen LogP contribution is 2.20. The lowest BCUT2D eigenvalue weighted by atomic mass is 10.2. The molecule has 0 bridgehead atoms. The predicted octanol–water partition coefficient (Wildman–Crippen LogP) is 2.15. The van der Waals surface area contributed by atoms with Crippen LogP contribution in [-0.2, 0) is 14.8 Å². The molecular formula is C15H13N3O4S. The van der Waals surface area contributed by atoms with Gasteiger partial charge in [0.25, 0.3) is 10.0 Å². The van der Waals surface area contributed by atoms with Crippen LogP contribution in [0.15, 0.2) is 53.7 Å². The third-order valence-corrected chi connectivity index (χ3v) is 4.64. The van der Waals surface area contributed by atoms with Crippen LogP contribution < -0.4 is 4.72 Å². The van der Waals surface area contributed by atoms with Gasteiger partial charge in [0.1, 0.15) is 0 Å². The molecule has 1 aromatic heterocycles. The highest BCUT2D eigenvalue weighted by Gasteiger charge is 2.15. The number of rotatable bonds is 4. The largest absolute Gasteiger partial charge is 0.465 e. The van der Waals surface area contributed by atoms with Gasteiger partial charge in [-0.3, -0.25) is 4.72 Å². The van der Waals surface area contributed by atoms with Crippen LogP contribution in [0.3, 0.4) is 0 Å². The van der Waals surface area contributed by atoms with Crippen molar-refractivity contribution >= 4 is 32.7 Å². The van der Waals surface area contributed by atoms with Crippen LogP contribution in [0.25, 0.3) is 11.0 Å². The highest BCUT2D eigenvalue weighted by atomic mass is 32.2. The lowest BCUT2D eigenvalue weighted by Crippen LogP contribution is -2.13. The van der Waals surface area contributed by atoms with Crippen molar-refractivity contribution in [1.29, 1.82) is 0 Å². The first-order chi connectivity index (χ1) is 11.0. The summed E-state index contributed by atoms with van der Waals surface area (Å²) in [6.07, 6.45) is 1.50. The van der Waals surface area contributed by atoms with Gasteiger partial charge in [-0.15, -0.1) is 0 Å². The topological polar surface area (TPSA) is 101 Å². The summed E-state index contributed by atoms with van der Waals surface area (Å²) in [6.45, 7) is 0. The van der Waals surface area contributed by atoms with E-state index in [0.29, 0.717) is 22.3 Å². The maximum absolute atomic E-state index is 12.4. The molecule has 0 saturated heterocycles. The summed E-state index contributed by atoms with van der Waals surface area (Å²) in [6, 6.07) is 10.6. The molecule has 7 nitrogen and oxygen atoms in total. The summed E-state index contributed by atoms with van der Waals surface area (Å²) < 4.78 is 31.9. The molecule has 118 valence electrons. The van der Waals surface area contributed by atoms with Gasteiger partial charge in [0, 0.05) is 5.69 Å². The molecule has 0 spiro atoms. The SMILES string of the molecule is COC(=O)c1ccc(NS(=O)(=O)c2ccc3nc[nH]c3c2)cc1. The van der Waals surface area contributed by atoms with Crippen LogP contribution in [0, 0.1) is 0 Å². The number of carbonyl (C=O) groups is 1. The summed E-state index contributed by atoms with van der Waals surface area (Å²) in [4.78, 5) is 18.4. The van der Waals surface area contributed by atoms with Crippen LogP contribution >= 0.6 is 0 Å². The second-order valence-electron chi connectivity index (χ2n) is 4.76. The van der Waals surface area contributed by atoms with Crippen molar-refractivity contribution in [3.8, 4) is 0 Å². The molecule has 0 amide bonds. The Balaban J connectivity index is 1.86. The Hall–Kier alpha value is -2.87. The molecule has 8 heteroatoms. The van der Waals surface area contributed by atoms with Crippen LogP contribution in [0.4, 0.5) is 5.69 Å². The third kappa shape index (κ3) is 3.02. The van der Waals surface area contributed by atoms with E-state index in [9.17, 15) is 13.2 Å². The number of ether oxygens (including phenoxy) is 1. The maximum Gasteiger partial charge on any atom is 0.337 e. The van der Waals surface area contributed by atoms with Gasteiger partial charge in [-0.1, -0.05) is 0 Å². The number of nitrogens with one attached hydrogen (secondary N) is 2. The molecule has 0 fully saturated rings. The Morgan fingerprint density at radius 3 is 2.61 bits per heavy atom. The molecule has 0 unspecified atom stereocenters. The Labute approximate surface area is 132 Å². The number of aromatic nitrogens is 2. The number of esters is 1. The highest BCUT2D eigenvalue weighted by molar-refractivity contribution is 7.92. The van der Waals surface area contributed by atoms with Gasteiger partial charge >= 0.3 is 5.97 Å². The molecule has 2 aromatic carbocycles. The van der Waals surface area contributed by atoms with Crippen molar-refractivity contribution < 1.29 is 17.9 Å². The summed E-state index contributed by atoms with van der Waals surface area (Å²) >= 11 is 0. The minimum absolute atomic E-state index is 0.117. The Morgan fingerprint density at radius 2 is 1.91 bits per heavy atom. The number of sulfonamides is 1. The molecule has 0 aliphatic heterocycles. The molecule has 3 rings (SSSR count). The maximum atomic E-state index is 12.4. The van der Waals surface area contributed by atoms with E-state index >= 15 is 0 Å². The second kappa shape index (κ2) is 5.73. The van der Waals surface area contributed by atoms with Crippen LogP contribution in [0.5, 0.6) is 0 Å². The minimum atomic E-state index is -3.74. The molecule has 3 aromatic rings. The van der Waals surface area contributed by atoms with E-state index in [-0.39, 0.29) is 4.90 Å². The Morgan fingerprint density at radius 1 is 1.17 bits per heavy atom. The molecule has 1 heterocycles. The molecule has 23 heavy (non-hydrogen) atoms. The van der Waals surface area contributed by atoms with Gasteiger partial charge in [0.15, 0.2) is 0 Å². The smallest absolute Gasteiger partial charge is 0.337 e. The Bertz CT molecular complexity index is 962. The quantitative estimate of drug-likeness (QED) is 0.713. The van der Waals surface area contributed by atoms with E-state index in [4.69, 9.17) is 0 Å². The first kappa shape index (κ1) is 15.0. The van der Waals surface area contributed by atoms with Crippen molar-refractivity contribution in [3.05, 3.63) is 54.4 Å².